The second-order valence-electron chi connectivity index (χ2n) is 4.27. The lowest BCUT2D eigenvalue weighted by Gasteiger charge is -2.00. The maximum atomic E-state index is 12.3. The minimum atomic E-state index is -3.80. The lowest BCUT2D eigenvalue weighted by Crippen LogP contribution is -2.03. The molecule has 0 aliphatic carbocycles. The lowest BCUT2D eigenvalue weighted by atomic mass is 10.2. The Labute approximate surface area is 125 Å². The van der Waals surface area contributed by atoms with Gasteiger partial charge in [-0.15, -0.1) is 0 Å². The number of allylic oxidation sites excluding steroid dienone is 1. The fraction of sp³-hybridized carbons (Fsp3) is 0. The van der Waals surface area contributed by atoms with Crippen LogP contribution in [0.25, 0.3) is 0 Å². The second kappa shape index (κ2) is 5.86. The lowest BCUT2D eigenvalue weighted by molar-refractivity contribution is -0.135. The molecular weight excluding hydrogens is 310 g/mol. The van der Waals surface area contributed by atoms with Gasteiger partial charge in [-0.2, -0.15) is 0 Å². The number of carbonyl (C=O) groups excluding carboxylic acids is 1. The zero-order valence-corrected chi connectivity index (χ0v) is 11.9. The van der Waals surface area contributed by atoms with Gasteiger partial charge in [0.1, 0.15) is 5.03 Å². The first-order valence-electron chi connectivity index (χ1n) is 5.99. The van der Waals surface area contributed by atoms with E-state index in [4.69, 9.17) is 10.2 Å². The smallest absolute Gasteiger partial charge is 0.371 e. The van der Waals surface area contributed by atoms with Crippen LogP contribution in [-0.2, 0) is 14.6 Å². The number of sulfone groups is 1. The van der Waals surface area contributed by atoms with Crippen LogP contribution >= 0.6 is 0 Å². The molecule has 7 nitrogen and oxygen atoms in total. The van der Waals surface area contributed by atoms with E-state index in [1.165, 1.54) is 12.1 Å². The standard InChI is InChI=1S/C14H11NO6S/c16-11(7-12(17)14(18)19)9-6-13(15-8-9)22(20,21)10-4-2-1-3-5-10/h1-8,15,17H,(H,18,19)/b12-7-. The molecule has 0 radical (unpaired) electrons. The van der Waals surface area contributed by atoms with Gasteiger partial charge in [-0.3, -0.25) is 4.79 Å². The molecule has 1 heterocycles. The number of aromatic amines is 1. The summed E-state index contributed by atoms with van der Waals surface area (Å²) in [5.41, 5.74) is -0.0812. The van der Waals surface area contributed by atoms with E-state index in [2.05, 4.69) is 4.98 Å². The summed E-state index contributed by atoms with van der Waals surface area (Å²) in [5, 5.41) is 17.3. The van der Waals surface area contributed by atoms with Crippen molar-refractivity contribution in [3.8, 4) is 0 Å². The van der Waals surface area contributed by atoms with Crippen LogP contribution in [0.15, 0.2) is 64.4 Å². The van der Waals surface area contributed by atoms with Gasteiger partial charge in [-0.1, -0.05) is 18.2 Å². The van der Waals surface area contributed by atoms with Crippen molar-refractivity contribution in [1.29, 1.82) is 0 Å². The normalized spacial score (nSPS) is 12.1. The van der Waals surface area contributed by atoms with E-state index >= 15 is 0 Å². The molecule has 0 aliphatic heterocycles. The molecule has 2 aromatic rings. The number of H-pyrrole nitrogens is 1. The van der Waals surface area contributed by atoms with E-state index in [1.54, 1.807) is 18.2 Å². The minimum absolute atomic E-state index is 0.0553. The number of aliphatic carboxylic acids is 1. The first-order valence-corrected chi connectivity index (χ1v) is 7.47. The highest BCUT2D eigenvalue weighted by atomic mass is 32.2. The zero-order valence-electron chi connectivity index (χ0n) is 11.1. The molecule has 1 aromatic heterocycles. The number of rotatable bonds is 5. The largest absolute Gasteiger partial charge is 0.502 e. The van der Waals surface area contributed by atoms with Crippen molar-refractivity contribution in [2.75, 3.05) is 0 Å². The predicted octanol–water partition coefficient (Wildman–Crippen LogP) is 1.56. The Kier molecular flexibility index (Phi) is 4.13. The Morgan fingerprint density at radius 1 is 1.09 bits per heavy atom. The average Bonchev–Trinajstić information content (AvgIpc) is 2.98. The van der Waals surface area contributed by atoms with Gasteiger partial charge in [-0.05, 0) is 18.2 Å². The Balaban J connectivity index is 2.35. The van der Waals surface area contributed by atoms with Gasteiger partial charge in [0.2, 0.25) is 15.6 Å². The number of aromatic nitrogens is 1. The second-order valence-corrected chi connectivity index (χ2v) is 6.19. The summed E-state index contributed by atoms with van der Waals surface area (Å²) in [4.78, 5) is 24.7. The topological polar surface area (TPSA) is 125 Å². The third-order valence-electron chi connectivity index (χ3n) is 2.77. The van der Waals surface area contributed by atoms with Gasteiger partial charge in [0.25, 0.3) is 0 Å². The number of ketones is 1. The van der Waals surface area contributed by atoms with Crippen LogP contribution in [0.5, 0.6) is 0 Å². The molecule has 0 aliphatic rings. The number of benzene rings is 1. The highest BCUT2D eigenvalue weighted by molar-refractivity contribution is 7.91. The Morgan fingerprint density at radius 3 is 2.32 bits per heavy atom. The van der Waals surface area contributed by atoms with Crippen LogP contribution in [0.2, 0.25) is 0 Å². The number of carboxylic acid groups (broad SMARTS) is 1. The molecular formula is C14H11NO6S. The number of carbonyl (C=O) groups is 2. The molecule has 0 bridgehead atoms. The molecule has 0 atom stereocenters. The van der Waals surface area contributed by atoms with Crippen LogP contribution in [0.4, 0.5) is 0 Å². The molecule has 0 saturated carbocycles. The molecule has 22 heavy (non-hydrogen) atoms. The monoisotopic (exact) mass is 321 g/mol. The van der Waals surface area contributed by atoms with Gasteiger partial charge in [0.05, 0.1) is 4.90 Å². The number of nitrogens with one attached hydrogen (secondary N) is 1. The summed E-state index contributed by atoms with van der Waals surface area (Å²) < 4.78 is 24.6. The van der Waals surface area contributed by atoms with E-state index in [1.807, 2.05) is 0 Å². The SMILES string of the molecule is O=C(O)/C(O)=C/C(=O)c1c[nH]c(S(=O)(=O)c2ccccc2)c1. The highest BCUT2D eigenvalue weighted by Gasteiger charge is 2.21. The highest BCUT2D eigenvalue weighted by Crippen LogP contribution is 2.20. The number of hydrogen-bond donors (Lipinski definition) is 3. The Morgan fingerprint density at radius 2 is 1.73 bits per heavy atom. The van der Waals surface area contributed by atoms with Crippen molar-refractivity contribution in [2.45, 2.75) is 9.92 Å². The first kappa shape index (κ1) is 15.5. The van der Waals surface area contributed by atoms with Crippen LogP contribution in [0.3, 0.4) is 0 Å². The molecule has 1 aromatic carbocycles. The van der Waals surface area contributed by atoms with Crippen molar-refractivity contribution in [3.05, 3.63) is 60.0 Å². The van der Waals surface area contributed by atoms with Crippen molar-refractivity contribution >= 4 is 21.6 Å². The molecule has 0 amide bonds. The van der Waals surface area contributed by atoms with Crippen LogP contribution in [0.1, 0.15) is 10.4 Å². The fourth-order valence-electron chi connectivity index (χ4n) is 1.67. The summed E-state index contributed by atoms with van der Waals surface area (Å²) >= 11 is 0. The first-order chi connectivity index (χ1) is 10.3. The van der Waals surface area contributed by atoms with E-state index in [0.717, 1.165) is 12.3 Å². The maximum Gasteiger partial charge on any atom is 0.371 e. The maximum absolute atomic E-state index is 12.3. The van der Waals surface area contributed by atoms with Crippen LogP contribution in [-0.4, -0.2) is 35.4 Å². The molecule has 2 rings (SSSR count). The van der Waals surface area contributed by atoms with Crippen molar-refractivity contribution < 1.29 is 28.2 Å². The third kappa shape index (κ3) is 3.07. The fourth-order valence-corrected chi connectivity index (χ4v) is 2.93. The molecule has 0 spiro atoms. The van der Waals surface area contributed by atoms with Gasteiger partial charge < -0.3 is 15.2 Å². The van der Waals surface area contributed by atoms with Crippen molar-refractivity contribution in [2.24, 2.45) is 0 Å². The summed E-state index contributed by atoms with van der Waals surface area (Å²) in [7, 11) is -3.80. The molecule has 8 heteroatoms. The van der Waals surface area contributed by atoms with Crippen molar-refractivity contribution in [3.63, 3.8) is 0 Å². The van der Waals surface area contributed by atoms with E-state index in [9.17, 15) is 18.0 Å². The van der Waals surface area contributed by atoms with Gasteiger partial charge in [0.15, 0.2) is 5.78 Å². The average molecular weight is 321 g/mol. The van der Waals surface area contributed by atoms with Gasteiger partial charge in [0, 0.05) is 17.8 Å². The van der Waals surface area contributed by atoms with Crippen LogP contribution in [0, 0.1) is 0 Å². The molecule has 0 unspecified atom stereocenters. The van der Waals surface area contributed by atoms with E-state index in [0.29, 0.717) is 6.08 Å². The molecule has 0 fully saturated rings. The van der Waals surface area contributed by atoms with E-state index < -0.39 is 27.3 Å². The number of aliphatic hydroxyl groups excluding tert-OH is 1. The number of aliphatic hydroxyl groups is 1. The van der Waals surface area contributed by atoms with Crippen molar-refractivity contribution in [1.82, 2.24) is 4.98 Å². The Hall–Kier alpha value is -2.87. The quantitative estimate of drug-likeness (QED) is 0.436. The van der Waals surface area contributed by atoms with Crippen LogP contribution < -0.4 is 0 Å². The predicted molar refractivity (Wildman–Crippen MR) is 75.4 cm³/mol. The Bertz CT molecular complexity index is 848. The summed E-state index contributed by atoms with van der Waals surface area (Å²) in [5.74, 6) is -3.61. The number of hydrogen-bond acceptors (Lipinski definition) is 5. The van der Waals surface area contributed by atoms with Gasteiger partial charge >= 0.3 is 5.97 Å². The third-order valence-corrected chi connectivity index (χ3v) is 4.48. The molecule has 114 valence electrons. The summed E-state index contributed by atoms with van der Waals surface area (Å²) in [6.45, 7) is 0. The molecule has 0 saturated heterocycles. The summed E-state index contributed by atoms with van der Waals surface area (Å²) in [6.07, 6.45) is 1.63. The van der Waals surface area contributed by atoms with E-state index in [-0.39, 0.29) is 15.5 Å². The summed E-state index contributed by atoms with van der Waals surface area (Å²) in [6, 6.07) is 8.70. The molecule has 3 N–H and O–H groups in total. The number of carboxylic acids is 1. The van der Waals surface area contributed by atoms with Gasteiger partial charge in [-0.25, -0.2) is 13.2 Å². The minimum Gasteiger partial charge on any atom is -0.502 e. The zero-order chi connectivity index (χ0) is 16.3.